The average molecular weight is 335 g/mol. The van der Waals surface area contributed by atoms with Gasteiger partial charge >= 0.3 is 0 Å². The summed E-state index contributed by atoms with van der Waals surface area (Å²) in [5.74, 6) is 2.01. The molecule has 2 fully saturated rings. The van der Waals surface area contributed by atoms with E-state index in [0.717, 1.165) is 56.2 Å². The number of hydrogen-bond donors (Lipinski definition) is 1. The summed E-state index contributed by atoms with van der Waals surface area (Å²) in [7, 11) is 0. The molecule has 1 aliphatic heterocycles. The summed E-state index contributed by atoms with van der Waals surface area (Å²) in [5, 5.41) is 10.4. The second-order valence-corrected chi connectivity index (χ2v) is 7.57. The topological polar surface area (TPSA) is 69.8 Å². The van der Waals surface area contributed by atoms with E-state index in [1.165, 1.54) is 0 Å². The largest absolute Gasteiger partial charge is 0.444 e. The minimum atomic E-state index is -0.837. The van der Waals surface area contributed by atoms with Gasteiger partial charge in [0.15, 0.2) is 0 Å². The standard InChI is InChI=1S/C18H29N3O3/c1-13-14(2)24-16(19-13)12-20-7-4-8-21(10-9-20)17(22)11-18(3,23)15-5-6-15/h15,23H,4-12H2,1-3H3. The zero-order valence-electron chi connectivity index (χ0n) is 15.0. The van der Waals surface area contributed by atoms with E-state index in [1.54, 1.807) is 6.92 Å². The SMILES string of the molecule is Cc1nc(CN2CCCN(C(=O)CC(C)(O)C3CC3)CC2)oc1C. The van der Waals surface area contributed by atoms with Crippen molar-refractivity contribution in [1.29, 1.82) is 0 Å². The molecule has 1 aromatic heterocycles. The Morgan fingerprint density at radius 2 is 2.04 bits per heavy atom. The summed E-state index contributed by atoms with van der Waals surface area (Å²) in [6.07, 6.45) is 3.28. The Balaban J connectivity index is 1.51. The summed E-state index contributed by atoms with van der Waals surface area (Å²) in [5.41, 5.74) is 0.106. The first-order valence-corrected chi connectivity index (χ1v) is 9.00. The van der Waals surface area contributed by atoms with Crippen LogP contribution in [0.1, 0.15) is 50.0 Å². The van der Waals surface area contributed by atoms with Crippen molar-refractivity contribution in [2.24, 2.45) is 5.92 Å². The Morgan fingerprint density at radius 1 is 1.29 bits per heavy atom. The van der Waals surface area contributed by atoms with E-state index >= 15 is 0 Å². The number of aliphatic hydroxyl groups is 1. The number of aryl methyl sites for hydroxylation is 2. The highest BCUT2D eigenvalue weighted by Gasteiger charge is 2.42. The van der Waals surface area contributed by atoms with E-state index in [1.807, 2.05) is 18.7 Å². The number of carbonyl (C=O) groups is 1. The monoisotopic (exact) mass is 335 g/mol. The third-order valence-electron chi connectivity index (χ3n) is 5.34. The maximum atomic E-state index is 12.5. The lowest BCUT2D eigenvalue weighted by atomic mass is 9.95. The van der Waals surface area contributed by atoms with Crippen LogP contribution >= 0.6 is 0 Å². The highest BCUT2D eigenvalue weighted by atomic mass is 16.4. The molecule has 2 aliphatic rings. The predicted octanol–water partition coefficient (Wildman–Crippen LogP) is 1.88. The Hall–Kier alpha value is -1.40. The van der Waals surface area contributed by atoms with Gasteiger partial charge in [0, 0.05) is 26.2 Å². The number of amides is 1. The molecule has 1 N–H and O–H groups in total. The number of carbonyl (C=O) groups excluding carboxylic acids is 1. The van der Waals surface area contributed by atoms with Crippen molar-refractivity contribution in [3.63, 3.8) is 0 Å². The fraction of sp³-hybridized carbons (Fsp3) is 0.778. The van der Waals surface area contributed by atoms with Gasteiger partial charge in [-0.05, 0) is 46.0 Å². The van der Waals surface area contributed by atoms with E-state index in [9.17, 15) is 9.90 Å². The fourth-order valence-electron chi connectivity index (χ4n) is 3.44. The van der Waals surface area contributed by atoms with Crippen molar-refractivity contribution in [3.05, 3.63) is 17.3 Å². The first-order chi connectivity index (χ1) is 11.3. The van der Waals surface area contributed by atoms with Crippen LogP contribution in [0.4, 0.5) is 0 Å². The molecule has 1 unspecified atom stereocenters. The summed E-state index contributed by atoms with van der Waals surface area (Å²) in [6, 6.07) is 0. The molecule has 2 heterocycles. The number of rotatable bonds is 5. The highest BCUT2D eigenvalue weighted by molar-refractivity contribution is 5.77. The minimum Gasteiger partial charge on any atom is -0.444 e. The molecule has 0 spiro atoms. The molecule has 24 heavy (non-hydrogen) atoms. The molecule has 0 aromatic carbocycles. The van der Waals surface area contributed by atoms with Crippen molar-refractivity contribution in [2.45, 2.75) is 58.6 Å². The average Bonchev–Trinajstić information content (AvgIpc) is 3.31. The Kier molecular flexibility index (Phi) is 4.97. The van der Waals surface area contributed by atoms with Gasteiger partial charge < -0.3 is 14.4 Å². The summed E-state index contributed by atoms with van der Waals surface area (Å²) in [4.78, 5) is 21.2. The van der Waals surface area contributed by atoms with Crippen molar-refractivity contribution < 1.29 is 14.3 Å². The lowest BCUT2D eigenvalue weighted by molar-refractivity contribution is -0.136. The second-order valence-electron chi connectivity index (χ2n) is 7.57. The minimum absolute atomic E-state index is 0.0802. The lowest BCUT2D eigenvalue weighted by Gasteiger charge is -2.27. The quantitative estimate of drug-likeness (QED) is 0.890. The normalized spacial score (nSPS) is 22.2. The molecule has 6 nitrogen and oxygen atoms in total. The van der Waals surface area contributed by atoms with Gasteiger partial charge in [0.05, 0.1) is 24.3 Å². The summed E-state index contributed by atoms with van der Waals surface area (Å²) >= 11 is 0. The zero-order chi connectivity index (χ0) is 17.3. The van der Waals surface area contributed by atoms with Crippen LogP contribution in [0.3, 0.4) is 0 Å². The van der Waals surface area contributed by atoms with Crippen LogP contribution in [0.5, 0.6) is 0 Å². The van der Waals surface area contributed by atoms with Gasteiger partial charge in [-0.15, -0.1) is 0 Å². The van der Waals surface area contributed by atoms with Gasteiger partial charge in [-0.2, -0.15) is 0 Å². The smallest absolute Gasteiger partial charge is 0.225 e. The maximum Gasteiger partial charge on any atom is 0.225 e. The molecule has 1 saturated heterocycles. The van der Waals surface area contributed by atoms with Crippen molar-refractivity contribution in [1.82, 2.24) is 14.8 Å². The van der Waals surface area contributed by atoms with Crippen LogP contribution in [0.2, 0.25) is 0 Å². The highest BCUT2D eigenvalue weighted by Crippen LogP contribution is 2.41. The Labute approximate surface area is 143 Å². The Morgan fingerprint density at radius 3 is 2.67 bits per heavy atom. The molecule has 3 rings (SSSR count). The van der Waals surface area contributed by atoms with Crippen molar-refractivity contribution in [2.75, 3.05) is 26.2 Å². The first-order valence-electron chi connectivity index (χ1n) is 9.00. The van der Waals surface area contributed by atoms with Crippen molar-refractivity contribution >= 4 is 5.91 Å². The van der Waals surface area contributed by atoms with Crippen LogP contribution in [-0.2, 0) is 11.3 Å². The Bertz CT molecular complexity index is 573. The van der Waals surface area contributed by atoms with E-state index in [2.05, 4.69) is 9.88 Å². The zero-order valence-corrected chi connectivity index (χ0v) is 15.0. The number of nitrogens with zero attached hydrogens (tertiary/aromatic N) is 3. The molecule has 134 valence electrons. The van der Waals surface area contributed by atoms with Gasteiger partial charge in [-0.25, -0.2) is 4.98 Å². The molecule has 1 atom stereocenters. The fourth-order valence-corrected chi connectivity index (χ4v) is 3.44. The maximum absolute atomic E-state index is 12.5. The van der Waals surface area contributed by atoms with Crippen LogP contribution in [0.25, 0.3) is 0 Å². The van der Waals surface area contributed by atoms with Gasteiger partial charge in [0.2, 0.25) is 11.8 Å². The molecule has 1 saturated carbocycles. The molecule has 6 heteroatoms. The molecule has 1 aliphatic carbocycles. The third-order valence-corrected chi connectivity index (χ3v) is 5.34. The summed E-state index contributed by atoms with van der Waals surface area (Å²) in [6.45, 7) is 9.60. The van der Waals surface area contributed by atoms with Gasteiger partial charge in [-0.1, -0.05) is 0 Å². The van der Waals surface area contributed by atoms with E-state index in [-0.39, 0.29) is 12.3 Å². The lowest BCUT2D eigenvalue weighted by Crippen LogP contribution is -2.40. The van der Waals surface area contributed by atoms with Crippen LogP contribution < -0.4 is 0 Å². The molecular formula is C18H29N3O3. The van der Waals surface area contributed by atoms with Crippen LogP contribution in [-0.4, -0.2) is 57.6 Å². The number of aromatic nitrogens is 1. The summed E-state index contributed by atoms with van der Waals surface area (Å²) < 4.78 is 5.66. The third kappa shape index (κ3) is 4.16. The molecule has 1 aromatic rings. The van der Waals surface area contributed by atoms with Gasteiger partial charge in [0.1, 0.15) is 5.76 Å². The van der Waals surface area contributed by atoms with Gasteiger partial charge in [-0.3, -0.25) is 9.69 Å². The van der Waals surface area contributed by atoms with E-state index in [4.69, 9.17) is 4.42 Å². The van der Waals surface area contributed by atoms with Crippen LogP contribution in [0, 0.1) is 19.8 Å². The van der Waals surface area contributed by atoms with Crippen molar-refractivity contribution in [3.8, 4) is 0 Å². The number of hydrogen-bond acceptors (Lipinski definition) is 5. The number of oxazole rings is 1. The van der Waals surface area contributed by atoms with Crippen LogP contribution in [0.15, 0.2) is 4.42 Å². The molecular weight excluding hydrogens is 306 g/mol. The molecule has 0 radical (unpaired) electrons. The predicted molar refractivity (Wildman–Crippen MR) is 90.4 cm³/mol. The van der Waals surface area contributed by atoms with Gasteiger partial charge in [0.25, 0.3) is 0 Å². The van der Waals surface area contributed by atoms with E-state index in [0.29, 0.717) is 19.0 Å². The van der Waals surface area contributed by atoms with E-state index < -0.39 is 5.60 Å². The first kappa shape index (κ1) is 17.4. The second kappa shape index (κ2) is 6.84. The molecule has 0 bridgehead atoms. The molecule has 1 amide bonds.